The number of halogens is 1. The molecule has 39 heavy (non-hydrogen) atoms. The molecule has 0 fully saturated rings. The van der Waals surface area contributed by atoms with Crippen molar-refractivity contribution in [1.29, 1.82) is 0 Å². The molecule has 0 radical (unpaired) electrons. The van der Waals surface area contributed by atoms with Crippen molar-refractivity contribution >= 4 is 29.2 Å². The highest BCUT2D eigenvalue weighted by atomic mass is 35.5. The van der Waals surface area contributed by atoms with E-state index < -0.39 is 5.92 Å². The Morgan fingerprint density at radius 3 is 2.74 bits per heavy atom. The van der Waals surface area contributed by atoms with Crippen LogP contribution < -0.4 is 9.47 Å². The highest BCUT2D eigenvalue weighted by Crippen LogP contribution is 2.50. The van der Waals surface area contributed by atoms with Gasteiger partial charge in [0.05, 0.1) is 18.9 Å². The van der Waals surface area contributed by atoms with Crippen molar-refractivity contribution in [2.24, 2.45) is 10.6 Å². The molecule has 6 rings (SSSR count). The molecule has 3 heterocycles. The first-order chi connectivity index (χ1) is 18.8. The van der Waals surface area contributed by atoms with Crippen LogP contribution >= 0.6 is 11.6 Å². The second-order valence-corrected chi connectivity index (χ2v) is 10.8. The van der Waals surface area contributed by atoms with E-state index in [1.54, 1.807) is 30.2 Å². The number of benzene rings is 2. The monoisotopic (exact) mass is 543 g/mol. The minimum Gasteiger partial charge on any atom is -0.497 e. The second-order valence-electron chi connectivity index (χ2n) is 10.4. The summed E-state index contributed by atoms with van der Waals surface area (Å²) in [5.74, 6) is 1.87. The molecular weight excluding hydrogens is 518 g/mol. The molecular formula is C29H26ClN5O4. The maximum absolute atomic E-state index is 13.5. The maximum atomic E-state index is 13.5. The number of nitrogens with zero attached hydrogens (tertiary/aromatic N) is 5. The minimum atomic E-state index is -0.411. The Hall–Kier alpha value is -4.24. The smallest absolute Gasteiger partial charge is 0.228 e. The van der Waals surface area contributed by atoms with Crippen LogP contribution in [0.15, 0.2) is 71.3 Å². The van der Waals surface area contributed by atoms with Crippen molar-refractivity contribution in [2.45, 2.75) is 39.2 Å². The average Bonchev–Trinajstić information content (AvgIpc) is 3.33. The van der Waals surface area contributed by atoms with Gasteiger partial charge >= 0.3 is 0 Å². The molecule has 0 bridgehead atoms. The van der Waals surface area contributed by atoms with Gasteiger partial charge in [0.1, 0.15) is 17.8 Å². The number of carbonyl (C=O) groups excluding carboxylic acids is 1. The van der Waals surface area contributed by atoms with E-state index in [9.17, 15) is 4.79 Å². The molecule has 0 saturated heterocycles. The van der Waals surface area contributed by atoms with Crippen LogP contribution in [0.2, 0.25) is 5.02 Å². The molecule has 1 aliphatic heterocycles. The maximum Gasteiger partial charge on any atom is 0.228 e. The van der Waals surface area contributed by atoms with Crippen molar-refractivity contribution in [3.05, 3.63) is 93.7 Å². The molecule has 1 atom stereocenters. The van der Waals surface area contributed by atoms with Crippen LogP contribution in [0, 0.1) is 5.41 Å². The number of allylic oxidation sites excluding steroid dienone is 2. The fraction of sp³-hybridized carbons (Fsp3) is 0.276. The van der Waals surface area contributed by atoms with Crippen molar-refractivity contribution in [2.75, 3.05) is 7.11 Å². The van der Waals surface area contributed by atoms with E-state index in [0.717, 1.165) is 16.9 Å². The van der Waals surface area contributed by atoms with E-state index in [1.807, 2.05) is 42.5 Å². The van der Waals surface area contributed by atoms with Gasteiger partial charge in [-0.3, -0.25) is 4.79 Å². The largest absolute Gasteiger partial charge is 0.497 e. The quantitative estimate of drug-likeness (QED) is 0.234. The number of aromatic nitrogens is 4. The van der Waals surface area contributed by atoms with Crippen LogP contribution in [0.1, 0.15) is 55.1 Å². The molecule has 9 nitrogen and oxygen atoms in total. The van der Waals surface area contributed by atoms with Gasteiger partial charge in [-0.05, 0) is 29.2 Å². The van der Waals surface area contributed by atoms with Gasteiger partial charge in [0, 0.05) is 34.9 Å². The highest BCUT2D eigenvalue weighted by molar-refractivity contribution is 6.33. The molecule has 2 aromatic heterocycles. The summed E-state index contributed by atoms with van der Waals surface area (Å²) >= 11 is 6.17. The van der Waals surface area contributed by atoms with Crippen LogP contribution in [0.3, 0.4) is 0 Å². The van der Waals surface area contributed by atoms with Crippen molar-refractivity contribution in [3.8, 4) is 11.6 Å². The third-order valence-electron chi connectivity index (χ3n) is 6.92. The first-order valence-electron chi connectivity index (χ1n) is 12.5. The van der Waals surface area contributed by atoms with Crippen molar-refractivity contribution < 1.29 is 19.1 Å². The Balaban J connectivity index is 1.38. The van der Waals surface area contributed by atoms with E-state index >= 15 is 0 Å². The lowest BCUT2D eigenvalue weighted by Gasteiger charge is -2.37. The standard InChI is InChI=1S/C29H26ClN5O4/c1-29(2)12-21(36)25-22(13-29)39-28-26(24(25)17-8-10-19(37-3)11-9-17)27-33-23(34-35(27)16-31-28)15-38-32-14-18-6-4-5-7-20(18)30/h4-11,14,16,24H,12-13,15H2,1-3H3. The zero-order valence-corrected chi connectivity index (χ0v) is 22.5. The number of ether oxygens (including phenoxy) is 2. The predicted octanol–water partition coefficient (Wildman–Crippen LogP) is 5.50. The fourth-order valence-corrected chi connectivity index (χ4v) is 5.33. The number of fused-ring (bicyclic) bond motifs is 3. The Kier molecular flexibility index (Phi) is 6.31. The number of hydrogen-bond acceptors (Lipinski definition) is 8. The molecule has 1 unspecified atom stereocenters. The molecule has 0 spiro atoms. The van der Waals surface area contributed by atoms with Crippen molar-refractivity contribution in [1.82, 2.24) is 19.6 Å². The Bertz CT molecular complexity index is 1640. The molecule has 198 valence electrons. The number of methoxy groups -OCH3 is 1. The first kappa shape index (κ1) is 25.1. The second kappa shape index (κ2) is 9.81. The molecule has 10 heteroatoms. The number of ketones is 1. The van der Waals surface area contributed by atoms with Crippen LogP contribution in [0.25, 0.3) is 5.65 Å². The Morgan fingerprint density at radius 2 is 1.97 bits per heavy atom. The lowest BCUT2D eigenvalue weighted by molar-refractivity contribution is -0.118. The normalized spacial score (nSPS) is 18.2. The Morgan fingerprint density at radius 1 is 1.18 bits per heavy atom. The lowest BCUT2D eigenvalue weighted by atomic mass is 9.70. The molecule has 0 saturated carbocycles. The minimum absolute atomic E-state index is 0.0343. The highest BCUT2D eigenvalue weighted by Gasteiger charge is 2.44. The molecule has 4 aromatic rings. The zero-order chi connectivity index (χ0) is 27.1. The zero-order valence-electron chi connectivity index (χ0n) is 21.7. The van der Waals surface area contributed by atoms with E-state index in [0.29, 0.717) is 52.1 Å². The summed E-state index contributed by atoms with van der Waals surface area (Å²) in [6.07, 6.45) is 4.18. The summed E-state index contributed by atoms with van der Waals surface area (Å²) in [5, 5.41) is 9.11. The summed E-state index contributed by atoms with van der Waals surface area (Å²) in [7, 11) is 1.62. The lowest BCUT2D eigenvalue weighted by Crippen LogP contribution is -2.33. The van der Waals surface area contributed by atoms with Gasteiger partial charge in [-0.2, -0.15) is 0 Å². The summed E-state index contributed by atoms with van der Waals surface area (Å²) in [5.41, 5.74) is 3.33. The van der Waals surface area contributed by atoms with Crippen molar-refractivity contribution in [3.63, 3.8) is 0 Å². The first-order valence-corrected chi connectivity index (χ1v) is 12.9. The number of rotatable bonds is 6. The summed E-state index contributed by atoms with van der Waals surface area (Å²) < 4.78 is 13.2. The topological polar surface area (TPSA) is 100 Å². The molecule has 0 amide bonds. The summed E-state index contributed by atoms with van der Waals surface area (Å²) in [6, 6.07) is 15.0. The van der Waals surface area contributed by atoms with Gasteiger partial charge in [-0.1, -0.05) is 60.9 Å². The predicted molar refractivity (Wildman–Crippen MR) is 145 cm³/mol. The molecule has 0 N–H and O–H groups in total. The third-order valence-corrected chi connectivity index (χ3v) is 7.27. The van der Waals surface area contributed by atoms with Gasteiger partial charge < -0.3 is 14.3 Å². The number of Topliss-reactive ketones (excluding diaryl/α,β-unsaturated/α-hetero) is 1. The van der Waals surface area contributed by atoms with E-state index in [2.05, 4.69) is 29.1 Å². The summed E-state index contributed by atoms with van der Waals surface area (Å²) in [4.78, 5) is 28.3. The van der Waals surface area contributed by atoms with Gasteiger partial charge in [0.2, 0.25) is 5.88 Å². The molecule has 2 aromatic carbocycles. The molecule has 2 aliphatic rings. The van der Waals surface area contributed by atoms with E-state index in [4.69, 9.17) is 30.9 Å². The van der Waals surface area contributed by atoms with Gasteiger partial charge in [-0.25, -0.2) is 14.5 Å². The van der Waals surface area contributed by atoms with Gasteiger partial charge in [0.15, 0.2) is 23.9 Å². The van der Waals surface area contributed by atoms with Crippen LogP contribution in [-0.2, 0) is 16.2 Å². The third kappa shape index (κ3) is 4.74. The molecule has 1 aliphatic carbocycles. The van der Waals surface area contributed by atoms with Gasteiger partial charge in [0.25, 0.3) is 0 Å². The van der Waals surface area contributed by atoms with Gasteiger partial charge in [-0.15, -0.1) is 5.10 Å². The fourth-order valence-electron chi connectivity index (χ4n) is 5.15. The van der Waals surface area contributed by atoms with Crippen LogP contribution in [0.4, 0.5) is 0 Å². The number of oxime groups is 1. The summed E-state index contributed by atoms with van der Waals surface area (Å²) in [6.45, 7) is 4.18. The SMILES string of the molecule is COc1ccc(C2C3=C(CC(C)(C)CC3=O)Oc3ncn4nc(CON=Cc5ccccc5Cl)nc4c32)cc1. The van der Waals surface area contributed by atoms with Crippen LogP contribution in [0.5, 0.6) is 11.6 Å². The van der Waals surface area contributed by atoms with Crippen LogP contribution in [-0.4, -0.2) is 38.7 Å². The van der Waals surface area contributed by atoms with E-state index in [-0.39, 0.29) is 17.8 Å². The van der Waals surface area contributed by atoms with E-state index in [1.165, 1.54) is 0 Å². The number of hydrogen-bond donors (Lipinski definition) is 0. The average molecular weight is 544 g/mol. The Labute approximate surface area is 230 Å². The number of carbonyl (C=O) groups is 1.